The number of nitrogens with two attached hydrogens (primary N) is 1. The van der Waals surface area contributed by atoms with Gasteiger partial charge in [-0.3, -0.25) is 0 Å². The molecule has 4 heteroatoms. The lowest BCUT2D eigenvalue weighted by Gasteiger charge is -2.22. The maximum atomic E-state index is 11.6. The first-order valence-electron chi connectivity index (χ1n) is 7.14. The Morgan fingerprint density at radius 3 is 2.40 bits per heavy atom. The summed E-state index contributed by atoms with van der Waals surface area (Å²) in [4.78, 5) is 11.6. The first kappa shape index (κ1) is 14.9. The number of hydrogen-bond donors (Lipinski definition) is 2. The Morgan fingerprint density at radius 1 is 1.35 bits per heavy atom. The molecule has 1 amide bonds. The topological polar surface area (TPSA) is 64.3 Å². The molecular formula is C16H24N2O2. The lowest BCUT2D eigenvalue weighted by molar-refractivity contribution is 0.0521. The van der Waals surface area contributed by atoms with Crippen molar-refractivity contribution < 1.29 is 9.53 Å². The van der Waals surface area contributed by atoms with E-state index in [1.807, 2.05) is 20.8 Å². The number of fused-ring (bicyclic) bond motifs is 1. The molecule has 0 heterocycles. The number of rotatable bonds is 3. The second kappa shape index (κ2) is 5.83. The zero-order valence-corrected chi connectivity index (χ0v) is 12.5. The Labute approximate surface area is 120 Å². The number of ether oxygens (including phenoxy) is 1. The van der Waals surface area contributed by atoms with Crippen molar-refractivity contribution in [1.82, 2.24) is 5.32 Å². The summed E-state index contributed by atoms with van der Waals surface area (Å²) in [5, 5.41) is 2.76. The second-order valence-corrected chi connectivity index (χ2v) is 6.48. The summed E-state index contributed by atoms with van der Waals surface area (Å²) in [6, 6.07) is 8.39. The van der Waals surface area contributed by atoms with Crippen molar-refractivity contribution in [3.63, 3.8) is 0 Å². The van der Waals surface area contributed by atoms with Gasteiger partial charge in [0.1, 0.15) is 5.60 Å². The van der Waals surface area contributed by atoms with Gasteiger partial charge in [-0.05, 0) is 50.7 Å². The van der Waals surface area contributed by atoms with Gasteiger partial charge in [-0.25, -0.2) is 4.79 Å². The number of alkyl carbamates (subject to hydrolysis) is 1. The molecule has 1 aliphatic rings. The van der Waals surface area contributed by atoms with E-state index in [0.717, 1.165) is 12.8 Å². The van der Waals surface area contributed by atoms with Gasteiger partial charge in [-0.2, -0.15) is 0 Å². The normalized spacial score (nSPS) is 16.6. The van der Waals surface area contributed by atoms with Crippen molar-refractivity contribution in [1.29, 1.82) is 0 Å². The molecule has 0 radical (unpaired) electrons. The quantitative estimate of drug-likeness (QED) is 0.890. The van der Waals surface area contributed by atoms with Gasteiger partial charge in [0.05, 0.1) is 0 Å². The largest absolute Gasteiger partial charge is 0.444 e. The van der Waals surface area contributed by atoms with Crippen molar-refractivity contribution in [2.45, 2.75) is 45.3 Å². The Morgan fingerprint density at radius 2 is 1.90 bits per heavy atom. The SMILES string of the molecule is CC(C)(C)OC(=O)NCC(N)C1Cc2ccccc2C1. The Balaban J connectivity index is 1.80. The molecule has 0 saturated heterocycles. The van der Waals surface area contributed by atoms with Gasteiger partial charge < -0.3 is 15.8 Å². The van der Waals surface area contributed by atoms with Gasteiger partial charge in [-0.1, -0.05) is 24.3 Å². The maximum Gasteiger partial charge on any atom is 0.407 e. The van der Waals surface area contributed by atoms with Crippen LogP contribution in [0.1, 0.15) is 31.9 Å². The minimum absolute atomic E-state index is 0.0464. The highest BCUT2D eigenvalue weighted by atomic mass is 16.6. The molecule has 3 N–H and O–H groups in total. The van der Waals surface area contributed by atoms with Crippen LogP contribution in [0.2, 0.25) is 0 Å². The highest BCUT2D eigenvalue weighted by molar-refractivity contribution is 5.67. The number of amides is 1. The summed E-state index contributed by atoms with van der Waals surface area (Å²) in [6.45, 7) is 5.99. The van der Waals surface area contributed by atoms with Crippen molar-refractivity contribution in [2.75, 3.05) is 6.54 Å². The lowest BCUT2D eigenvalue weighted by Crippen LogP contribution is -2.44. The number of carbonyl (C=O) groups is 1. The third-order valence-corrected chi connectivity index (χ3v) is 3.57. The summed E-state index contributed by atoms with van der Waals surface area (Å²) in [7, 11) is 0. The van der Waals surface area contributed by atoms with Crippen LogP contribution >= 0.6 is 0 Å². The molecular weight excluding hydrogens is 252 g/mol. The van der Waals surface area contributed by atoms with Gasteiger partial charge in [0.15, 0.2) is 0 Å². The molecule has 1 aliphatic carbocycles. The third-order valence-electron chi connectivity index (χ3n) is 3.57. The molecule has 0 aromatic heterocycles. The van der Waals surface area contributed by atoms with Crippen molar-refractivity contribution >= 4 is 6.09 Å². The fourth-order valence-electron chi connectivity index (χ4n) is 2.58. The first-order chi connectivity index (χ1) is 9.35. The zero-order valence-electron chi connectivity index (χ0n) is 12.5. The van der Waals surface area contributed by atoms with Gasteiger partial charge in [0, 0.05) is 12.6 Å². The van der Waals surface area contributed by atoms with E-state index in [0.29, 0.717) is 12.5 Å². The molecule has 4 nitrogen and oxygen atoms in total. The van der Waals surface area contributed by atoms with Crippen molar-refractivity contribution in [3.05, 3.63) is 35.4 Å². The van der Waals surface area contributed by atoms with E-state index in [4.69, 9.17) is 10.5 Å². The van der Waals surface area contributed by atoms with Gasteiger partial charge in [0.2, 0.25) is 0 Å². The van der Waals surface area contributed by atoms with Crippen LogP contribution in [0.5, 0.6) is 0 Å². The average Bonchev–Trinajstić information content (AvgIpc) is 2.77. The number of hydrogen-bond acceptors (Lipinski definition) is 3. The average molecular weight is 276 g/mol. The number of benzene rings is 1. The Kier molecular flexibility index (Phi) is 4.33. The molecule has 110 valence electrons. The summed E-state index contributed by atoms with van der Waals surface area (Å²) in [6.07, 6.45) is 1.59. The zero-order chi connectivity index (χ0) is 14.8. The molecule has 1 atom stereocenters. The van der Waals surface area contributed by atoms with E-state index in [-0.39, 0.29) is 6.04 Å². The first-order valence-corrected chi connectivity index (χ1v) is 7.14. The predicted octanol–water partition coefficient (Wildman–Crippen LogP) is 2.25. The monoisotopic (exact) mass is 276 g/mol. The highest BCUT2D eigenvalue weighted by Crippen LogP contribution is 2.27. The van der Waals surface area contributed by atoms with E-state index >= 15 is 0 Å². The van der Waals surface area contributed by atoms with Crippen molar-refractivity contribution in [2.24, 2.45) is 11.7 Å². The van der Waals surface area contributed by atoms with Crippen molar-refractivity contribution in [3.8, 4) is 0 Å². The predicted molar refractivity (Wildman–Crippen MR) is 79.6 cm³/mol. The summed E-state index contributed by atoms with van der Waals surface area (Å²) >= 11 is 0. The van der Waals surface area contributed by atoms with E-state index in [2.05, 4.69) is 29.6 Å². The second-order valence-electron chi connectivity index (χ2n) is 6.48. The van der Waals surface area contributed by atoms with Crippen LogP contribution in [0.25, 0.3) is 0 Å². The molecule has 0 spiro atoms. The Bertz CT molecular complexity index is 455. The van der Waals surface area contributed by atoms with Crippen LogP contribution in [-0.4, -0.2) is 24.3 Å². The minimum Gasteiger partial charge on any atom is -0.444 e. The molecule has 1 aromatic carbocycles. The van der Waals surface area contributed by atoms with Gasteiger partial charge in [0.25, 0.3) is 0 Å². The molecule has 20 heavy (non-hydrogen) atoms. The molecule has 2 rings (SSSR count). The third kappa shape index (κ3) is 3.97. The maximum absolute atomic E-state index is 11.6. The molecule has 0 aliphatic heterocycles. The standard InChI is InChI=1S/C16H24N2O2/c1-16(2,3)20-15(19)18-10-14(17)13-8-11-6-4-5-7-12(11)9-13/h4-7,13-14H,8-10,17H2,1-3H3,(H,18,19). The van der Waals surface area contributed by atoms with Crippen LogP contribution in [0.3, 0.4) is 0 Å². The molecule has 0 bridgehead atoms. The van der Waals surface area contributed by atoms with E-state index in [1.165, 1.54) is 11.1 Å². The smallest absolute Gasteiger partial charge is 0.407 e. The summed E-state index contributed by atoms with van der Waals surface area (Å²) in [5.41, 5.74) is 8.49. The highest BCUT2D eigenvalue weighted by Gasteiger charge is 2.26. The minimum atomic E-state index is -0.474. The van der Waals surface area contributed by atoms with Gasteiger partial charge in [-0.15, -0.1) is 0 Å². The van der Waals surface area contributed by atoms with E-state index in [9.17, 15) is 4.79 Å². The van der Waals surface area contributed by atoms with Gasteiger partial charge >= 0.3 is 6.09 Å². The van der Waals surface area contributed by atoms with E-state index < -0.39 is 11.7 Å². The Hall–Kier alpha value is -1.55. The summed E-state index contributed by atoms with van der Waals surface area (Å²) in [5.74, 6) is 0.391. The molecule has 1 unspecified atom stereocenters. The molecule has 0 fully saturated rings. The van der Waals surface area contributed by atoms with Crippen LogP contribution in [0.4, 0.5) is 4.79 Å². The fourth-order valence-corrected chi connectivity index (χ4v) is 2.58. The molecule has 1 aromatic rings. The molecule has 0 saturated carbocycles. The number of nitrogens with one attached hydrogen (secondary N) is 1. The number of carbonyl (C=O) groups excluding carboxylic acids is 1. The van der Waals surface area contributed by atoms with Crippen LogP contribution < -0.4 is 11.1 Å². The fraction of sp³-hybridized carbons (Fsp3) is 0.562. The van der Waals surface area contributed by atoms with E-state index in [1.54, 1.807) is 0 Å². The lowest BCUT2D eigenvalue weighted by atomic mass is 9.97. The summed E-state index contributed by atoms with van der Waals surface area (Å²) < 4.78 is 5.21. The van der Waals surface area contributed by atoms with Crippen LogP contribution in [0, 0.1) is 5.92 Å². The van der Waals surface area contributed by atoms with Crippen LogP contribution in [0.15, 0.2) is 24.3 Å². The van der Waals surface area contributed by atoms with Crippen LogP contribution in [-0.2, 0) is 17.6 Å².